The highest BCUT2D eigenvalue weighted by atomic mass is 19.1. The Morgan fingerprint density at radius 1 is 0.886 bits per heavy atom. The van der Waals surface area contributed by atoms with Gasteiger partial charge in [-0.1, -0.05) is 90.9 Å². The first kappa shape index (κ1) is 32.2. The molecule has 5 N–H and O–H groups in total. The maximum atomic E-state index is 15.0. The number of carbonyl (C=O) groups excluding carboxylic acids is 1. The van der Waals surface area contributed by atoms with Crippen molar-refractivity contribution in [3.63, 3.8) is 0 Å². The molecule has 0 bridgehead atoms. The van der Waals surface area contributed by atoms with Crippen LogP contribution in [0, 0.1) is 0 Å². The van der Waals surface area contributed by atoms with Crippen molar-refractivity contribution >= 4 is 5.91 Å². The maximum absolute atomic E-state index is 15.0. The molecule has 7 atom stereocenters. The number of amides is 1. The highest BCUT2D eigenvalue weighted by Gasteiger charge is 2.44. The Morgan fingerprint density at radius 3 is 1.94 bits per heavy atom. The number of alkyl halides is 1. The van der Waals surface area contributed by atoms with Gasteiger partial charge in [0.25, 0.3) is 0 Å². The van der Waals surface area contributed by atoms with Gasteiger partial charge in [0.15, 0.2) is 6.29 Å². The first-order chi connectivity index (χ1) is 16.8. The second-order valence-corrected chi connectivity index (χ2v) is 9.75. The van der Waals surface area contributed by atoms with Crippen LogP contribution >= 0.6 is 0 Å². The van der Waals surface area contributed by atoms with Crippen molar-refractivity contribution in [1.29, 1.82) is 0 Å². The number of halogens is 1. The monoisotopic (exact) mass is 507 g/mol. The third kappa shape index (κ3) is 12.8. The van der Waals surface area contributed by atoms with Crippen LogP contribution in [0.3, 0.4) is 0 Å². The second kappa shape index (κ2) is 19.3. The number of ether oxygens (including phenoxy) is 2. The molecule has 208 valence electrons. The molecule has 1 fully saturated rings. The molecule has 0 spiro atoms. The summed E-state index contributed by atoms with van der Waals surface area (Å²) in [7, 11) is 0. The largest absolute Gasteiger partial charge is 0.394 e. The van der Waals surface area contributed by atoms with Gasteiger partial charge in [0.05, 0.1) is 19.3 Å². The molecular weight excluding hydrogens is 457 g/mol. The molecule has 0 radical (unpaired) electrons. The summed E-state index contributed by atoms with van der Waals surface area (Å²) < 4.78 is 25.8. The molecule has 1 amide bonds. The lowest BCUT2D eigenvalue weighted by Crippen LogP contribution is -2.59. The smallest absolute Gasteiger partial charge is 0.220 e. The Hall–Kier alpha value is -0.840. The molecule has 1 aliphatic heterocycles. The lowest BCUT2D eigenvalue weighted by Gasteiger charge is -2.40. The first-order valence-corrected chi connectivity index (χ1v) is 13.7. The van der Waals surface area contributed by atoms with Crippen LogP contribution < -0.4 is 5.32 Å². The molecule has 0 saturated carbocycles. The third-order valence-corrected chi connectivity index (χ3v) is 6.73. The highest BCUT2D eigenvalue weighted by Crippen LogP contribution is 2.23. The zero-order valence-electron chi connectivity index (χ0n) is 21.7. The van der Waals surface area contributed by atoms with Crippen molar-refractivity contribution in [3.8, 4) is 0 Å². The summed E-state index contributed by atoms with van der Waals surface area (Å²) in [5.41, 5.74) is 0. The fraction of sp³-hybridized carbons (Fsp3) is 0.962. The maximum Gasteiger partial charge on any atom is 0.220 e. The van der Waals surface area contributed by atoms with Crippen LogP contribution in [0.1, 0.15) is 104 Å². The van der Waals surface area contributed by atoms with E-state index in [9.17, 15) is 29.6 Å². The average molecular weight is 508 g/mol. The fourth-order valence-corrected chi connectivity index (χ4v) is 4.33. The quantitative estimate of drug-likeness (QED) is 0.160. The summed E-state index contributed by atoms with van der Waals surface area (Å²) in [5.74, 6) is -0.315. The summed E-state index contributed by atoms with van der Waals surface area (Å²) in [5, 5.41) is 41.8. The van der Waals surface area contributed by atoms with E-state index >= 15 is 0 Å². The van der Waals surface area contributed by atoms with Gasteiger partial charge in [0, 0.05) is 6.42 Å². The third-order valence-electron chi connectivity index (χ3n) is 6.73. The van der Waals surface area contributed by atoms with Gasteiger partial charge in [-0.3, -0.25) is 4.79 Å². The number of rotatable bonds is 20. The van der Waals surface area contributed by atoms with Crippen LogP contribution in [0.4, 0.5) is 4.39 Å². The van der Waals surface area contributed by atoms with E-state index in [1.165, 1.54) is 51.4 Å². The van der Waals surface area contributed by atoms with Gasteiger partial charge in [-0.2, -0.15) is 0 Å². The van der Waals surface area contributed by atoms with Crippen LogP contribution in [-0.2, 0) is 14.3 Å². The highest BCUT2D eigenvalue weighted by molar-refractivity contribution is 5.75. The van der Waals surface area contributed by atoms with Crippen LogP contribution in [0.15, 0.2) is 0 Å². The van der Waals surface area contributed by atoms with Crippen LogP contribution in [0.2, 0.25) is 0 Å². The van der Waals surface area contributed by atoms with Crippen molar-refractivity contribution in [1.82, 2.24) is 5.32 Å². The van der Waals surface area contributed by atoms with E-state index < -0.39 is 49.5 Å². The molecule has 1 heterocycles. The number of hydrogen-bond donors (Lipinski definition) is 5. The van der Waals surface area contributed by atoms with E-state index in [1.54, 1.807) is 6.92 Å². The Morgan fingerprint density at radius 2 is 1.43 bits per heavy atom. The van der Waals surface area contributed by atoms with Crippen molar-refractivity contribution in [3.05, 3.63) is 0 Å². The second-order valence-electron chi connectivity index (χ2n) is 9.75. The molecule has 0 aliphatic carbocycles. The molecule has 1 aliphatic rings. The van der Waals surface area contributed by atoms with E-state index in [1.807, 2.05) is 0 Å². The zero-order chi connectivity index (χ0) is 26.1. The number of nitrogens with one attached hydrogen (secondary N) is 1. The molecule has 8 nitrogen and oxygen atoms in total. The molecule has 0 aromatic rings. The van der Waals surface area contributed by atoms with Crippen molar-refractivity contribution in [2.45, 2.75) is 147 Å². The van der Waals surface area contributed by atoms with E-state index in [4.69, 9.17) is 9.47 Å². The van der Waals surface area contributed by atoms with Crippen LogP contribution in [0.25, 0.3) is 0 Å². The number of aliphatic hydroxyl groups excluding tert-OH is 4. The number of aliphatic hydroxyl groups is 4. The molecule has 9 heteroatoms. The minimum Gasteiger partial charge on any atom is -0.394 e. The van der Waals surface area contributed by atoms with Crippen molar-refractivity contribution in [2.75, 3.05) is 13.2 Å². The molecular formula is C26H50FNO7. The lowest BCUT2D eigenvalue weighted by atomic mass is 9.99. The van der Waals surface area contributed by atoms with E-state index in [-0.39, 0.29) is 25.4 Å². The molecule has 1 saturated heterocycles. The summed E-state index contributed by atoms with van der Waals surface area (Å²) in [6, 6.07) is -0.928. The predicted octanol–water partition coefficient (Wildman–Crippen LogP) is 3.13. The Kier molecular flexibility index (Phi) is 17.7. The Bertz CT molecular complexity index is 540. The Balaban J connectivity index is 2.33. The van der Waals surface area contributed by atoms with Crippen LogP contribution in [0.5, 0.6) is 0 Å². The molecule has 0 aromatic carbocycles. The van der Waals surface area contributed by atoms with E-state index in [2.05, 4.69) is 12.2 Å². The minimum atomic E-state index is -1.57. The van der Waals surface area contributed by atoms with Gasteiger partial charge in [-0.25, -0.2) is 4.39 Å². The van der Waals surface area contributed by atoms with Gasteiger partial charge >= 0.3 is 0 Å². The normalized spacial score (nSPS) is 26.4. The topological polar surface area (TPSA) is 128 Å². The number of unbranched alkanes of at least 4 members (excludes halogenated alkanes) is 11. The first-order valence-electron chi connectivity index (χ1n) is 13.7. The summed E-state index contributed by atoms with van der Waals surface area (Å²) >= 11 is 0. The fourth-order valence-electron chi connectivity index (χ4n) is 4.33. The molecule has 2 unspecified atom stereocenters. The molecule has 0 aromatic heterocycles. The summed E-state index contributed by atoms with van der Waals surface area (Å²) in [4.78, 5) is 11.9. The molecule has 1 rings (SSSR count). The van der Waals surface area contributed by atoms with Crippen molar-refractivity contribution in [2.24, 2.45) is 0 Å². The average Bonchev–Trinajstić information content (AvgIpc) is 2.86. The van der Waals surface area contributed by atoms with Gasteiger partial charge in [0.1, 0.15) is 30.6 Å². The zero-order valence-corrected chi connectivity index (χ0v) is 21.7. The number of hydrogen-bond acceptors (Lipinski definition) is 7. The van der Waals surface area contributed by atoms with Crippen LogP contribution in [-0.4, -0.2) is 82.5 Å². The van der Waals surface area contributed by atoms with Gasteiger partial charge in [0.2, 0.25) is 5.91 Å². The van der Waals surface area contributed by atoms with E-state index in [0.29, 0.717) is 6.42 Å². The Labute approximate surface area is 210 Å². The number of carbonyl (C=O) groups is 1. The van der Waals surface area contributed by atoms with Gasteiger partial charge in [-0.05, 0) is 6.42 Å². The SMILES string of the molecule is CCCCCCCCCCCCCC[C@@H](F)[C@H](CO[C@@H]1OC(CO)[C@H](O)[C@H](O)C1O)NC(=O)CC. The lowest BCUT2D eigenvalue weighted by molar-refractivity contribution is -0.302. The van der Waals surface area contributed by atoms with Gasteiger partial charge in [-0.15, -0.1) is 0 Å². The standard InChI is InChI=1S/C26H50FNO7/c1-3-5-6-7-8-9-10-11-12-13-14-15-16-19(27)20(28-22(30)4-2)18-34-26-25(33)24(32)23(31)21(17-29)35-26/h19-21,23-26,29,31-33H,3-18H2,1-2H3,(H,28,30)/t19-,20+,21?,23+,24+,25?,26-/m1/s1. The summed E-state index contributed by atoms with van der Waals surface area (Å²) in [6.45, 7) is 3.05. The van der Waals surface area contributed by atoms with E-state index in [0.717, 1.165) is 19.3 Å². The van der Waals surface area contributed by atoms with Gasteiger partial charge < -0.3 is 35.2 Å². The predicted molar refractivity (Wildman–Crippen MR) is 133 cm³/mol. The summed E-state index contributed by atoms with van der Waals surface area (Å²) in [6.07, 6.45) is 6.28. The molecule has 35 heavy (non-hydrogen) atoms. The minimum absolute atomic E-state index is 0.196. The van der Waals surface area contributed by atoms with Crippen molar-refractivity contribution < 1.29 is 39.1 Å².